The third-order valence-electron chi connectivity index (χ3n) is 10.1. The van der Waals surface area contributed by atoms with Crippen LogP contribution < -0.4 is 4.90 Å². The van der Waals surface area contributed by atoms with Crippen LogP contribution in [0.25, 0.3) is 66.6 Å². The van der Waals surface area contributed by atoms with Crippen molar-refractivity contribution in [1.29, 1.82) is 0 Å². The van der Waals surface area contributed by atoms with Gasteiger partial charge in [-0.1, -0.05) is 84.9 Å². The van der Waals surface area contributed by atoms with Gasteiger partial charge in [-0.25, -0.2) is 9.97 Å². The molecule has 0 atom stereocenters. The van der Waals surface area contributed by atoms with Crippen LogP contribution in [0.4, 0.5) is 17.1 Å². The minimum atomic E-state index is 0.709. The van der Waals surface area contributed by atoms with Crippen LogP contribution in [-0.4, -0.2) is 19.1 Å². The lowest BCUT2D eigenvalue weighted by molar-refractivity contribution is 1.13. The van der Waals surface area contributed by atoms with Crippen molar-refractivity contribution in [3.63, 3.8) is 0 Å². The average molecular weight is 680 g/mol. The van der Waals surface area contributed by atoms with Gasteiger partial charge in [0.05, 0.1) is 16.6 Å². The molecule has 0 radical (unpaired) electrons. The SMILES string of the molecule is c1ccc(-c2ccc(N(c3ccc(-c4ncccn4)cc3)c3ccc4c(c3)c3ccc5c(ccn5-c5ccccc5)c3n4-c3ccccc3)cc2)cc1. The number of rotatable bonds is 7. The minimum absolute atomic E-state index is 0.709. The first-order valence-corrected chi connectivity index (χ1v) is 17.8. The molecular weight excluding hydrogens is 647 g/mol. The number of anilines is 3. The second kappa shape index (κ2) is 12.8. The second-order valence-electron chi connectivity index (χ2n) is 13.2. The highest BCUT2D eigenvalue weighted by Crippen LogP contribution is 2.42. The van der Waals surface area contributed by atoms with Gasteiger partial charge in [-0.2, -0.15) is 0 Å². The van der Waals surface area contributed by atoms with E-state index in [1.54, 1.807) is 12.4 Å². The highest BCUT2D eigenvalue weighted by molar-refractivity contribution is 6.19. The molecule has 250 valence electrons. The van der Waals surface area contributed by atoms with Crippen LogP contribution in [0.3, 0.4) is 0 Å². The van der Waals surface area contributed by atoms with Gasteiger partial charge in [0, 0.05) is 68.7 Å². The number of para-hydroxylation sites is 2. The van der Waals surface area contributed by atoms with Crippen LogP contribution in [0.2, 0.25) is 0 Å². The fraction of sp³-hybridized carbons (Fsp3) is 0. The summed E-state index contributed by atoms with van der Waals surface area (Å²) < 4.78 is 4.69. The maximum atomic E-state index is 4.48. The van der Waals surface area contributed by atoms with Crippen LogP contribution in [0, 0.1) is 0 Å². The first kappa shape index (κ1) is 30.6. The predicted molar refractivity (Wildman–Crippen MR) is 219 cm³/mol. The molecule has 0 fully saturated rings. The van der Waals surface area contributed by atoms with Gasteiger partial charge >= 0.3 is 0 Å². The highest BCUT2D eigenvalue weighted by atomic mass is 15.1. The zero-order chi connectivity index (χ0) is 35.1. The van der Waals surface area contributed by atoms with Gasteiger partial charge in [0.25, 0.3) is 0 Å². The van der Waals surface area contributed by atoms with Gasteiger partial charge in [-0.05, 0) is 108 Å². The van der Waals surface area contributed by atoms with Crippen LogP contribution >= 0.6 is 0 Å². The summed E-state index contributed by atoms with van der Waals surface area (Å²) in [5.41, 5.74) is 12.3. The van der Waals surface area contributed by atoms with Crippen molar-refractivity contribution in [2.75, 3.05) is 4.90 Å². The van der Waals surface area contributed by atoms with E-state index >= 15 is 0 Å². The molecule has 0 saturated carbocycles. The topological polar surface area (TPSA) is 38.9 Å². The van der Waals surface area contributed by atoms with Gasteiger partial charge < -0.3 is 14.0 Å². The van der Waals surface area contributed by atoms with Crippen LogP contribution in [0.1, 0.15) is 0 Å². The lowest BCUT2D eigenvalue weighted by Gasteiger charge is -2.26. The molecule has 0 spiro atoms. The van der Waals surface area contributed by atoms with E-state index in [9.17, 15) is 0 Å². The minimum Gasteiger partial charge on any atom is -0.316 e. The molecule has 3 aromatic heterocycles. The monoisotopic (exact) mass is 679 g/mol. The number of hydrogen-bond acceptors (Lipinski definition) is 3. The molecule has 0 bridgehead atoms. The molecule has 5 nitrogen and oxygen atoms in total. The molecule has 0 aliphatic rings. The molecule has 5 heteroatoms. The first-order chi connectivity index (χ1) is 26.3. The Morgan fingerprint density at radius 1 is 0.396 bits per heavy atom. The maximum Gasteiger partial charge on any atom is 0.159 e. The molecule has 10 aromatic rings. The highest BCUT2D eigenvalue weighted by Gasteiger charge is 2.20. The Bertz CT molecular complexity index is 2760. The van der Waals surface area contributed by atoms with E-state index in [1.807, 2.05) is 6.07 Å². The molecule has 0 N–H and O–H groups in total. The summed E-state index contributed by atoms with van der Waals surface area (Å²) in [6, 6.07) is 64.6. The van der Waals surface area contributed by atoms with Crippen LogP contribution in [-0.2, 0) is 0 Å². The molecule has 0 amide bonds. The molecule has 7 aromatic carbocycles. The van der Waals surface area contributed by atoms with E-state index in [2.05, 4.69) is 206 Å². The summed E-state index contributed by atoms with van der Waals surface area (Å²) in [6.07, 6.45) is 5.74. The van der Waals surface area contributed by atoms with Crippen molar-refractivity contribution in [3.05, 3.63) is 201 Å². The average Bonchev–Trinajstić information content (AvgIpc) is 3.82. The zero-order valence-electron chi connectivity index (χ0n) is 28.8. The quantitative estimate of drug-likeness (QED) is 0.168. The Labute approximate surface area is 307 Å². The van der Waals surface area contributed by atoms with Crippen LogP contribution in [0.5, 0.6) is 0 Å². The molecular formula is C48H33N5. The van der Waals surface area contributed by atoms with Gasteiger partial charge in [0.15, 0.2) is 5.82 Å². The Balaban J connectivity index is 1.17. The summed E-state index contributed by atoms with van der Waals surface area (Å²) in [6.45, 7) is 0. The second-order valence-corrected chi connectivity index (χ2v) is 13.2. The first-order valence-electron chi connectivity index (χ1n) is 17.8. The number of hydrogen-bond donors (Lipinski definition) is 0. The Hall–Kier alpha value is -7.24. The Morgan fingerprint density at radius 3 is 1.64 bits per heavy atom. The summed E-state index contributed by atoms with van der Waals surface area (Å²) in [4.78, 5) is 11.3. The van der Waals surface area contributed by atoms with E-state index in [4.69, 9.17) is 0 Å². The fourth-order valence-corrected chi connectivity index (χ4v) is 7.60. The van der Waals surface area contributed by atoms with Crippen LogP contribution in [0.15, 0.2) is 201 Å². The van der Waals surface area contributed by atoms with Crippen molar-refractivity contribution in [3.8, 4) is 33.9 Å². The van der Waals surface area contributed by atoms with Crippen molar-refractivity contribution < 1.29 is 0 Å². The van der Waals surface area contributed by atoms with Crippen molar-refractivity contribution in [2.24, 2.45) is 0 Å². The van der Waals surface area contributed by atoms with E-state index in [1.165, 1.54) is 38.3 Å². The van der Waals surface area contributed by atoms with E-state index < -0.39 is 0 Å². The summed E-state index contributed by atoms with van der Waals surface area (Å²) in [5.74, 6) is 0.709. The summed E-state index contributed by atoms with van der Waals surface area (Å²) >= 11 is 0. The normalized spacial score (nSPS) is 11.4. The largest absolute Gasteiger partial charge is 0.316 e. The molecule has 0 saturated heterocycles. The number of nitrogens with zero attached hydrogens (tertiary/aromatic N) is 5. The maximum absolute atomic E-state index is 4.48. The lowest BCUT2D eigenvalue weighted by Crippen LogP contribution is -2.10. The molecule has 0 unspecified atom stereocenters. The Morgan fingerprint density at radius 2 is 0.962 bits per heavy atom. The van der Waals surface area contributed by atoms with Gasteiger partial charge in [0.2, 0.25) is 0 Å². The molecule has 53 heavy (non-hydrogen) atoms. The molecule has 10 rings (SSSR count). The van der Waals surface area contributed by atoms with Gasteiger partial charge in [-0.15, -0.1) is 0 Å². The number of aromatic nitrogens is 4. The summed E-state index contributed by atoms with van der Waals surface area (Å²) in [7, 11) is 0. The third-order valence-corrected chi connectivity index (χ3v) is 10.1. The molecule has 0 aliphatic carbocycles. The molecule has 0 aliphatic heterocycles. The molecule has 3 heterocycles. The van der Waals surface area contributed by atoms with Crippen molar-refractivity contribution in [2.45, 2.75) is 0 Å². The smallest absolute Gasteiger partial charge is 0.159 e. The van der Waals surface area contributed by atoms with Gasteiger partial charge in [0.1, 0.15) is 0 Å². The number of fused-ring (bicyclic) bond motifs is 5. The van der Waals surface area contributed by atoms with E-state index in [-0.39, 0.29) is 0 Å². The predicted octanol–water partition coefficient (Wildman–Crippen LogP) is 12.3. The fourth-order valence-electron chi connectivity index (χ4n) is 7.60. The van der Waals surface area contributed by atoms with Gasteiger partial charge in [-0.3, -0.25) is 0 Å². The Kier molecular flexibility index (Phi) is 7.40. The van der Waals surface area contributed by atoms with E-state index in [0.29, 0.717) is 5.82 Å². The number of benzene rings is 7. The summed E-state index contributed by atoms with van der Waals surface area (Å²) in [5, 5.41) is 3.61. The lowest BCUT2D eigenvalue weighted by atomic mass is 10.0. The third kappa shape index (κ3) is 5.34. The van der Waals surface area contributed by atoms with E-state index in [0.717, 1.165) is 39.5 Å². The standard InChI is InChI=1S/C48H33N5/c1-4-11-34(12-5-1)35-17-21-39(22-18-35)52(40-23-19-36(20-24-40)48-49-30-10-31-50-48)41-25-27-46-44(33-41)42-26-28-45-43(29-32-51(45)37-13-6-2-7-14-37)47(42)53(46)38-15-8-3-9-16-38/h1-33H. The van der Waals surface area contributed by atoms with Crippen molar-refractivity contribution >= 4 is 49.8 Å². The zero-order valence-corrected chi connectivity index (χ0v) is 28.8. The van der Waals surface area contributed by atoms with Crippen molar-refractivity contribution in [1.82, 2.24) is 19.1 Å².